The van der Waals surface area contributed by atoms with Gasteiger partial charge in [-0.3, -0.25) is 14.5 Å². The van der Waals surface area contributed by atoms with Gasteiger partial charge in [0.2, 0.25) is 11.8 Å². The molecule has 3 atom stereocenters. The number of ether oxygens (including phenoxy) is 2. The number of aromatic amines is 1. The molecule has 2 aromatic carbocycles. The van der Waals surface area contributed by atoms with Crippen LogP contribution in [0.1, 0.15) is 79.1 Å². The number of rotatable bonds is 9. The molecule has 0 spiro atoms. The van der Waals surface area contributed by atoms with Gasteiger partial charge in [0.25, 0.3) is 0 Å². The zero-order valence-corrected chi connectivity index (χ0v) is 36.5. The average molecular weight is 873 g/mol. The first-order chi connectivity index (χ1) is 28.7. The summed E-state index contributed by atoms with van der Waals surface area (Å²) in [6, 6.07) is 10.2. The number of hydrogen-bond donors (Lipinski definition) is 3. The predicted octanol–water partition coefficient (Wildman–Crippen LogP) is 7.92. The fraction of sp³-hybridized carbons (Fsp3) is 0.558. The van der Waals surface area contributed by atoms with Gasteiger partial charge >= 0.3 is 18.5 Å². The second-order valence-electron chi connectivity index (χ2n) is 17.5. The summed E-state index contributed by atoms with van der Waals surface area (Å²) in [5, 5.41) is 5.63. The minimum atomic E-state index is -5.00. The lowest BCUT2D eigenvalue weighted by Crippen LogP contribution is -2.57. The van der Waals surface area contributed by atoms with Crippen molar-refractivity contribution >= 4 is 41.2 Å². The molecule has 6 rings (SSSR count). The summed E-state index contributed by atoms with van der Waals surface area (Å²) < 4.78 is 50.4. The molecule has 1 aromatic heterocycles. The van der Waals surface area contributed by atoms with Crippen molar-refractivity contribution in [2.75, 3.05) is 58.2 Å². The number of amides is 5. The third kappa shape index (κ3) is 10.5. The molecule has 0 radical (unpaired) electrons. The molecule has 14 nitrogen and oxygen atoms in total. The van der Waals surface area contributed by atoms with Crippen molar-refractivity contribution < 1.29 is 41.8 Å². The van der Waals surface area contributed by atoms with Crippen molar-refractivity contribution in [3.63, 3.8) is 0 Å². The lowest BCUT2D eigenvalue weighted by atomic mass is 9.92. The molecule has 5 amide bonds. The van der Waals surface area contributed by atoms with Gasteiger partial charge in [-0.2, -0.15) is 0 Å². The van der Waals surface area contributed by atoms with Gasteiger partial charge in [-0.25, -0.2) is 14.6 Å². The highest BCUT2D eigenvalue weighted by molar-refractivity contribution is 6.32. The Balaban J connectivity index is 1.12. The molecule has 0 unspecified atom stereocenters. The molecule has 3 aliphatic heterocycles. The highest BCUT2D eigenvalue weighted by Gasteiger charge is 2.44. The first kappa shape index (κ1) is 45.5. The lowest BCUT2D eigenvalue weighted by molar-refractivity contribution is -0.274. The van der Waals surface area contributed by atoms with Crippen molar-refractivity contribution in [1.82, 2.24) is 34.9 Å². The van der Waals surface area contributed by atoms with Crippen LogP contribution in [-0.4, -0.2) is 124 Å². The normalized spacial score (nSPS) is 20.3. The maximum absolute atomic E-state index is 13.8. The largest absolute Gasteiger partial charge is 0.573 e. The van der Waals surface area contributed by atoms with Crippen LogP contribution in [0, 0.1) is 11.3 Å². The van der Waals surface area contributed by atoms with Gasteiger partial charge < -0.3 is 39.8 Å². The number of alkyl carbamates (subject to hydrolysis) is 1. The first-order valence-corrected chi connectivity index (χ1v) is 21.1. The van der Waals surface area contributed by atoms with Crippen molar-refractivity contribution in [2.24, 2.45) is 11.3 Å². The molecule has 3 fully saturated rings. The summed E-state index contributed by atoms with van der Waals surface area (Å²) in [6.45, 7) is 15.3. The summed E-state index contributed by atoms with van der Waals surface area (Å²) in [4.78, 5) is 67.4. The molecule has 3 saturated heterocycles. The summed E-state index contributed by atoms with van der Waals surface area (Å²) in [7, 11) is 1.23. The Hall–Kier alpha value is -5.03. The van der Waals surface area contributed by atoms with E-state index in [9.17, 15) is 32.3 Å². The Morgan fingerprint density at radius 2 is 1.54 bits per heavy atom. The summed E-state index contributed by atoms with van der Waals surface area (Å²) in [6.07, 6.45) is -3.06. The fourth-order valence-corrected chi connectivity index (χ4v) is 8.64. The van der Waals surface area contributed by atoms with Gasteiger partial charge in [0.1, 0.15) is 28.0 Å². The van der Waals surface area contributed by atoms with E-state index in [4.69, 9.17) is 21.3 Å². The van der Waals surface area contributed by atoms with Crippen molar-refractivity contribution in [1.29, 1.82) is 0 Å². The molecule has 0 saturated carbocycles. The van der Waals surface area contributed by atoms with Crippen LogP contribution in [0.2, 0.25) is 5.15 Å². The Morgan fingerprint density at radius 1 is 0.902 bits per heavy atom. The van der Waals surface area contributed by atoms with Crippen LogP contribution in [0.5, 0.6) is 5.75 Å². The molecule has 0 aliphatic carbocycles. The third-order valence-electron chi connectivity index (χ3n) is 11.9. The molecule has 18 heteroatoms. The highest BCUT2D eigenvalue weighted by atomic mass is 35.5. The minimum Gasteiger partial charge on any atom is -0.453 e. The number of alkyl halides is 3. The molecule has 3 aromatic rings. The maximum Gasteiger partial charge on any atom is 0.573 e. The molecule has 3 N–H and O–H groups in total. The van der Waals surface area contributed by atoms with E-state index in [-0.39, 0.29) is 34.1 Å². The number of carbonyl (C=O) groups is 4. The van der Waals surface area contributed by atoms with E-state index in [1.807, 2.05) is 32.6 Å². The van der Waals surface area contributed by atoms with E-state index in [2.05, 4.69) is 25.3 Å². The topological polar surface area (TPSA) is 152 Å². The van der Waals surface area contributed by atoms with Crippen molar-refractivity contribution in [2.45, 2.75) is 91.2 Å². The van der Waals surface area contributed by atoms with Crippen LogP contribution < -0.4 is 15.4 Å². The predicted molar refractivity (Wildman–Crippen MR) is 225 cm³/mol. The highest BCUT2D eigenvalue weighted by Crippen LogP contribution is 2.40. The van der Waals surface area contributed by atoms with Gasteiger partial charge in [-0.15, -0.1) is 13.2 Å². The molecular weight excluding hydrogens is 817 g/mol. The van der Waals surface area contributed by atoms with E-state index in [0.717, 1.165) is 18.9 Å². The van der Waals surface area contributed by atoms with Crippen LogP contribution >= 0.6 is 11.6 Å². The number of methoxy groups -OCH3 is 1. The number of halogens is 4. The minimum absolute atomic E-state index is 0.135. The Labute approximate surface area is 359 Å². The van der Waals surface area contributed by atoms with E-state index in [0.29, 0.717) is 87.3 Å². The number of anilines is 1. The molecule has 3 aliphatic rings. The first-order valence-electron chi connectivity index (χ1n) is 20.7. The number of hydrogen-bond acceptors (Lipinski definition) is 8. The number of H-pyrrole nitrogens is 1. The molecule has 61 heavy (non-hydrogen) atoms. The zero-order chi connectivity index (χ0) is 44.4. The number of carbonyl (C=O) groups excluding carboxylic acids is 4. The Bertz CT molecular complexity index is 2080. The number of imidazole rings is 1. The number of benzene rings is 2. The van der Waals surface area contributed by atoms with Crippen LogP contribution in [-0.2, 0) is 14.3 Å². The molecule has 332 valence electrons. The molecule has 4 heterocycles. The number of nitrogens with zero attached hydrogens (tertiary/aromatic N) is 5. The van der Waals surface area contributed by atoms with Gasteiger partial charge in [0.15, 0.2) is 0 Å². The third-order valence-corrected chi connectivity index (χ3v) is 12.2. The number of urea groups is 1. The lowest BCUT2D eigenvalue weighted by Gasteiger charge is -2.43. The number of aromatic nitrogens is 2. The fourth-order valence-electron chi connectivity index (χ4n) is 8.39. The summed E-state index contributed by atoms with van der Waals surface area (Å²) in [5.41, 5.74) is 0.0424. The second kappa shape index (κ2) is 18.1. The van der Waals surface area contributed by atoms with Gasteiger partial charge in [-0.05, 0) is 56.2 Å². The Kier molecular flexibility index (Phi) is 13.5. The summed E-state index contributed by atoms with van der Waals surface area (Å²) >= 11 is 6.67. The number of likely N-dealkylation sites (tertiary alicyclic amines) is 2. The van der Waals surface area contributed by atoms with E-state index in [1.165, 1.54) is 19.2 Å². The van der Waals surface area contributed by atoms with Gasteiger partial charge in [-0.1, -0.05) is 70.5 Å². The standard InChI is InChI=1S/C43H56ClF3N8O6/c1-8-42(6,51-40(59)60-7)38(57)55-25-26(2)23-32(55)36-49-34(35(44)50-36)28-11-9-27(10-12-28)31-14-13-29(24-33(31)61-43(45,46)47)48-39(58)54-21-19-52(20-22-54)30-15-17-53(18-16-30)37(56)41(3,4)5/h9-14,24,26,30,32H,8,15-23,25H2,1-7H3,(H,48,58)(H,49,50)(H,51,59)/t26-,32-,42-/m0/s1. The Morgan fingerprint density at radius 3 is 2.13 bits per heavy atom. The number of piperidine rings is 1. The SMILES string of the molecule is CC[C@](C)(NC(=O)OC)C(=O)N1C[C@@H](C)C[C@H]1c1nc(-c2ccc(-c3ccc(NC(=O)N4CCN(C5CCN(C(=O)C(C)(C)C)CC5)CC4)cc3OC(F)(F)F)cc2)c(Cl)[nH]1. The van der Waals surface area contributed by atoms with Gasteiger partial charge in [0.05, 0.1) is 13.2 Å². The van der Waals surface area contributed by atoms with Crippen LogP contribution in [0.15, 0.2) is 42.5 Å². The number of nitrogens with one attached hydrogen (secondary N) is 3. The van der Waals surface area contributed by atoms with E-state index < -0.39 is 41.2 Å². The summed E-state index contributed by atoms with van der Waals surface area (Å²) in [5.74, 6) is -0.0198. The smallest absolute Gasteiger partial charge is 0.453 e. The maximum atomic E-state index is 13.8. The zero-order valence-electron chi connectivity index (χ0n) is 35.7. The van der Waals surface area contributed by atoms with Crippen LogP contribution in [0.4, 0.5) is 28.4 Å². The van der Waals surface area contributed by atoms with E-state index in [1.54, 1.807) is 47.9 Å². The van der Waals surface area contributed by atoms with Gasteiger partial charge in [0, 0.05) is 80.2 Å². The van der Waals surface area contributed by atoms with Crippen LogP contribution in [0.25, 0.3) is 22.4 Å². The van der Waals surface area contributed by atoms with E-state index >= 15 is 0 Å². The molecular formula is C43H56ClF3N8O6. The van der Waals surface area contributed by atoms with Crippen molar-refractivity contribution in [3.05, 3.63) is 53.4 Å². The number of piperazine rings is 1. The van der Waals surface area contributed by atoms with Crippen molar-refractivity contribution in [3.8, 4) is 28.1 Å². The molecule has 0 bridgehead atoms. The van der Waals surface area contributed by atoms with Crippen LogP contribution in [0.3, 0.4) is 0 Å². The quantitative estimate of drug-likeness (QED) is 0.196. The average Bonchev–Trinajstić information content (AvgIpc) is 3.81. The monoisotopic (exact) mass is 872 g/mol. The second-order valence-corrected chi connectivity index (χ2v) is 17.8.